The van der Waals surface area contributed by atoms with E-state index >= 15 is 0 Å². The van der Waals surface area contributed by atoms with Gasteiger partial charge in [0.1, 0.15) is 10.6 Å². The molecule has 1 saturated carbocycles. The molecule has 1 heterocycles. The number of hydrogen-bond acceptors (Lipinski definition) is 4. The largest absolute Gasteiger partial charge is 0.497 e. The van der Waals surface area contributed by atoms with Crippen LogP contribution < -0.4 is 4.74 Å². The van der Waals surface area contributed by atoms with Crippen molar-refractivity contribution >= 4 is 39.2 Å². The monoisotopic (exact) mass is 322 g/mol. The minimum absolute atomic E-state index is 0.467. The molecule has 0 atom stereocenters. The SMILES string of the molecule is COc1ccc2sc(C(=O)O)c(SC3CCCCC3)c2c1. The van der Waals surface area contributed by atoms with Gasteiger partial charge in [0.05, 0.1) is 7.11 Å². The smallest absolute Gasteiger partial charge is 0.347 e. The Labute approximate surface area is 132 Å². The first kappa shape index (κ1) is 14.7. The van der Waals surface area contributed by atoms with E-state index in [-0.39, 0.29) is 0 Å². The zero-order chi connectivity index (χ0) is 14.8. The maximum absolute atomic E-state index is 11.6. The molecule has 2 aromatic rings. The van der Waals surface area contributed by atoms with Crippen LogP contribution in [-0.4, -0.2) is 23.4 Å². The molecule has 1 N–H and O–H groups in total. The van der Waals surface area contributed by atoms with E-state index in [1.165, 1.54) is 43.4 Å². The Hall–Kier alpha value is -1.20. The van der Waals surface area contributed by atoms with E-state index in [2.05, 4.69) is 0 Å². The number of benzene rings is 1. The van der Waals surface area contributed by atoms with Crippen molar-refractivity contribution in [2.45, 2.75) is 42.2 Å². The Morgan fingerprint density at radius 2 is 2.10 bits per heavy atom. The van der Waals surface area contributed by atoms with Gasteiger partial charge in [-0.2, -0.15) is 0 Å². The summed E-state index contributed by atoms with van der Waals surface area (Å²) in [5.74, 6) is -0.0452. The highest BCUT2D eigenvalue weighted by atomic mass is 32.2. The van der Waals surface area contributed by atoms with Gasteiger partial charge in [0, 0.05) is 20.2 Å². The third-order valence-electron chi connectivity index (χ3n) is 3.88. The second kappa shape index (κ2) is 6.28. The minimum Gasteiger partial charge on any atom is -0.497 e. The predicted molar refractivity (Wildman–Crippen MR) is 88.1 cm³/mol. The molecule has 3 rings (SSSR count). The molecule has 21 heavy (non-hydrogen) atoms. The highest BCUT2D eigenvalue weighted by Gasteiger charge is 2.23. The zero-order valence-corrected chi connectivity index (χ0v) is 13.6. The molecule has 1 aliphatic carbocycles. The van der Waals surface area contributed by atoms with E-state index in [0.29, 0.717) is 10.1 Å². The van der Waals surface area contributed by atoms with Crippen LogP contribution in [0.1, 0.15) is 41.8 Å². The number of thiophene rings is 1. The highest BCUT2D eigenvalue weighted by molar-refractivity contribution is 8.00. The quantitative estimate of drug-likeness (QED) is 0.857. The normalized spacial score (nSPS) is 16.2. The molecule has 0 amide bonds. The van der Waals surface area contributed by atoms with Crippen LogP contribution in [0, 0.1) is 0 Å². The molecule has 112 valence electrons. The third kappa shape index (κ3) is 3.04. The maximum Gasteiger partial charge on any atom is 0.347 e. The van der Waals surface area contributed by atoms with Crippen LogP contribution in [0.2, 0.25) is 0 Å². The van der Waals surface area contributed by atoms with Gasteiger partial charge in [-0.05, 0) is 31.0 Å². The topological polar surface area (TPSA) is 46.5 Å². The average molecular weight is 322 g/mol. The van der Waals surface area contributed by atoms with Gasteiger partial charge in [-0.25, -0.2) is 4.79 Å². The predicted octanol–water partition coefficient (Wildman–Crippen LogP) is 5.03. The minimum atomic E-state index is -0.825. The van der Waals surface area contributed by atoms with E-state index in [1.807, 2.05) is 18.2 Å². The Kier molecular flexibility index (Phi) is 4.40. The molecule has 5 heteroatoms. The second-order valence-corrected chi connectivity index (χ2v) is 7.67. The third-order valence-corrected chi connectivity index (χ3v) is 6.63. The van der Waals surface area contributed by atoms with Gasteiger partial charge in [0.2, 0.25) is 0 Å². The summed E-state index contributed by atoms with van der Waals surface area (Å²) in [6.07, 6.45) is 6.19. The Morgan fingerprint density at radius 1 is 1.33 bits per heavy atom. The van der Waals surface area contributed by atoms with Gasteiger partial charge < -0.3 is 9.84 Å². The van der Waals surface area contributed by atoms with Gasteiger partial charge in [-0.1, -0.05) is 19.3 Å². The van der Waals surface area contributed by atoms with Crippen molar-refractivity contribution < 1.29 is 14.6 Å². The summed E-state index contributed by atoms with van der Waals surface area (Å²) in [4.78, 5) is 12.9. The Morgan fingerprint density at radius 3 is 2.76 bits per heavy atom. The number of hydrogen-bond donors (Lipinski definition) is 1. The molecule has 1 aromatic carbocycles. The number of aromatic carboxylic acids is 1. The van der Waals surface area contributed by atoms with E-state index in [0.717, 1.165) is 20.7 Å². The number of rotatable bonds is 4. The molecule has 0 unspecified atom stereocenters. The van der Waals surface area contributed by atoms with Crippen molar-refractivity contribution in [3.8, 4) is 5.75 Å². The van der Waals surface area contributed by atoms with Gasteiger partial charge in [0.25, 0.3) is 0 Å². The fraction of sp³-hybridized carbons (Fsp3) is 0.438. The number of fused-ring (bicyclic) bond motifs is 1. The molecule has 0 saturated heterocycles. The van der Waals surface area contributed by atoms with Crippen molar-refractivity contribution in [3.05, 3.63) is 23.1 Å². The standard InChI is InChI=1S/C16H18O3S2/c1-19-10-7-8-13-12(9-10)14(15(21-13)16(17)18)20-11-5-3-2-4-6-11/h7-9,11H,2-6H2,1H3,(H,17,18). The number of ether oxygens (including phenoxy) is 1. The first-order valence-corrected chi connectivity index (χ1v) is 8.89. The number of carbonyl (C=O) groups is 1. The summed E-state index contributed by atoms with van der Waals surface area (Å²) < 4.78 is 6.30. The van der Waals surface area contributed by atoms with Crippen LogP contribution in [0.15, 0.2) is 23.1 Å². The number of thioether (sulfide) groups is 1. The van der Waals surface area contributed by atoms with Crippen LogP contribution in [0.25, 0.3) is 10.1 Å². The summed E-state index contributed by atoms with van der Waals surface area (Å²) >= 11 is 3.11. The number of methoxy groups -OCH3 is 1. The second-order valence-electron chi connectivity index (χ2n) is 5.31. The molecule has 0 spiro atoms. The van der Waals surface area contributed by atoms with Crippen molar-refractivity contribution in [1.29, 1.82) is 0 Å². The van der Waals surface area contributed by atoms with Crippen LogP contribution in [0.3, 0.4) is 0 Å². The van der Waals surface area contributed by atoms with Crippen molar-refractivity contribution in [1.82, 2.24) is 0 Å². The lowest BCUT2D eigenvalue weighted by molar-refractivity contribution is 0.0699. The maximum atomic E-state index is 11.6. The van der Waals surface area contributed by atoms with Gasteiger partial charge in [0.15, 0.2) is 0 Å². The molecule has 0 aliphatic heterocycles. The van der Waals surface area contributed by atoms with Crippen LogP contribution in [0.4, 0.5) is 0 Å². The molecule has 3 nitrogen and oxygen atoms in total. The van der Waals surface area contributed by atoms with Crippen molar-refractivity contribution in [3.63, 3.8) is 0 Å². The highest BCUT2D eigenvalue weighted by Crippen LogP contribution is 2.44. The first-order chi connectivity index (χ1) is 10.2. The summed E-state index contributed by atoms with van der Waals surface area (Å²) in [5, 5.41) is 11.1. The molecule has 1 aliphatic rings. The Balaban J connectivity index is 2.03. The van der Waals surface area contributed by atoms with E-state index in [9.17, 15) is 9.90 Å². The summed E-state index contributed by atoms with van der Waals surface area (Å²) in [6.45, 7) is 0. The molecule has 1 aromatic heterocycles. The van der Waals surface area contributed by atoms with E-state index < -0.39 is 5.97 Å². The van der Waals surface area contributed by atoms with Gasteiger partial charge in [-0.3, -0.25) is 0 Å². The fourth-order valence-electron chi connectivity index (χ4n) is 2.79. The van der Waals surface area contributed by atoms with Crippen LogP contribution in [-0.2, 0) is 0 Å². The summed E-state index contributed by atoms with van der Waals surface area (Å²) in [5.41, 5.74) is 0. The zero-order valence-electron chi connectivity index (χ0n) is 11.9. The molecule has 0 bridgehead atoms. The van der Waals surface area contributed by atoms with E-state index in [4.69, 9.17) is 4.74 Å². The Bertz CT molecular complexity index is 657. The molecular formula is C16H18O3S2. The summed E-state index contributed by atoms with van der Waals surface area (Å²) in [6, 6.07) is 5.80. The fourth-order valence-corrected chi connectivity index (χ4v) is 5.43. The van der Waals surface area contributed by atoms with Crippen molar-refractivity contribution in [2.24, 2.45) is 0 Å². The average Bonchev–Trinajstić information content (AvgIpc) is 2.86. The first-order valence-electron chi connectivity index (χ1n) is 7.19. The van der Waals surface area contributed by atoms with Crippen LogP contribution >= 0.6 is 23.1 Å². The lowest BCUT2D eigenvalue weighted by atomic mass is 10.0. The summed E-state index contributed by atoms with van der Waals surface area (Å²) in [7, 11) is 1.64. The lowest BCUT2D eigenvalue weighted by Gasteiger charge is -2.21. The van der Waals surface area contributed by atoms with Crippen LogP contribution in [0.5, 0.6) is 5.75 Å². The van der Waals surface area contributed by atoms with Gasteiger partial charge in [-0.15, -0.1) is 23.1 Å². The number of carboxylic acids is 1. The lowest BCUT2D eigenvalue weighted by Crippen LogP contribution is -2.08. The molecular weight excluding hydrogens is 304 g/mol. The van der Waals surface area contributed by atoms with Crippen molar-refractivity contribution in [2.75, 3.05) is 7.11 Å². The molecule has 1 fully saturated rings. The van der Waals surface area contributed by atoms with E-state index in [1.54, 1.807) is 18.9 Å². The molecule has 0 radical (unpaired) electrons. The number of carboxylic acid groups (broad SMARTS) is 1. The van der Waals surface area contributed by atoms with Gasteiger partial charge >= 0.3 is 5.97 Å².